The van der Waals surface area contributed by atoms with Gasteiger partial charge in [0.25, 0.3) is 0 Å². The van der Waals surface area contributed by atoms with Crippen LogP contribution in [0.15, 0.2) is 30.5 Å². The molecule has 0 N–H and O–H groups in total. The van der Waals surface area contributed by atoms with Gasteiger partial charge in [0.05, 0.1) is 29.6 Å². The minimum atomic E-state index is -0.0521. The van der Waals surface area contributed by atoms with Gasteiger partial charge in [0.2, 0.25) is 0 Å². The summed E-state index contributed by atoms with van der Waals surface area (Å²) < 4.78 is 5.89. The van der Waals surface area contributed by atoms with Gasteiger partial charge in [0, 0.05) is 19.3 Å². The van der Waals surface area contributed by atoms with Crippen molar-refractivity contribution in [1.82, 2.24) is 9.97 Å². The van der Waals surface area contributed by atoms with Gasteiger partial charge in [-0.25, -0.2) is 4.98 Å². The van der Waals surface area contributed by atoms with Crippen molar-refractivity contribution in [2.75, 3.05) is 24.6 Å². The van der Waals surface area contributed by atoms with Crippen LogP contribution in [0.5, 0.6) is 0 Å². The molecule has 0 unspecified atom stereocenters. The molecule has 5 nitrogen and oxygen atoms in total. The molecule has 1 aliphatic rings. The second kappa shape index (κ2) is 6.12. The Bertz CT molecular complexity index is 723. The number of rotatable bonds is 2. The van der Waals surface area contributed by atoms with E-state index in [9.17, 15) is 0 Å². The van der Waals surface area contributed by atoms with Gasteiger partial charge in [-0.1, -0.05) is 12.1 Å². The van der Waals surface area contributed by atoms with Crippen LogP contribution in [-0.4, -0.2) is 29.7 Å². The summed E-state index contributed by atoms with van der Waals surface area (Å²) in [5, 5.41) is 9.04. The van der Waals surface area contributed by atoms with Crippen molar-refractivity contribution in [3.63, 3.8) is 0 Å². The molecule has 1 fully saturated rings. The number of anilines is 1. The van der Waals surface area contributed by atoms with Crippen molar-refractivity contribution in [2.45, 2.75) is 20.0 Å². The number of nitrogens with zero attached hydrogens (tertiary/aromatic N) is 4. The van der Waals surface area contributed by atoms with E-state index in [1.54, 1.807) is 12.3 Å². The van der Waals surface area contributed by atoms with Gasteiger partial charge in [-0.3, -0.25) is 4.98 Å². The first-order valence-electron chi connectivity index (χ1n) is 7.34. The summed E-state index contributed by atoms with van der Waals surface area (Å²) in [5.74, 6) is 0.921. The average molecular weight is 294 g/mol. The van der Waals surface area contributed by atoms with Crippen LogP contribution in [-0.2, 0) is 4.74 Å². The molecule has 112 valence electrons. The molecule has 0 aliphatic carbocycles. The largest absolute Gasteiger partial charge is 0.370 e. The standard InChI is InChI=1S/C17H18N4O/c1-12-10-19-13(2)17(20-12)21-6-7-22-16(11-21)15-5-3-4-14(8-15)9-18/h3-5,8,10,16H,6-7,11H2,1-2H3/t16-/m1/s1. The SMILES string of the molecule is Cc1cnc(C)c(N2CCO[C@@H](c3cccc(C#N)c3)C2)n1. The third-order valence-corrected chi connectivity index (χ3v) is 3.80. The molecule has 1 aliphatic heterocycles. The number of aromatic nitrogens is 2. The number of benzene rings is 1. The Morgan fingerprint density at radius 1 is 1.36 bits per heavy atom. The predicted molar refractivity (Wildman–Crippen MR) is 83.6 cm³/mol. The quantitative estimate of drug-likeness (QED) is 0.851. The number of morpholine rings is 1. The summed E-state index contributed by atoms with van der Waals surface area (Å²) in [6.45, 7) is 6.07. The van der Waals surface area contributed by atoms with Gasteiger partial charge >= 0.3 is 0 Å². The van der Waals surface area contributed by atoms with E-state index in [-0.39, 0.29) is 6.10 Å². The van der Waals surface area contributed by atoms with Gasteiger partial charge < -0.3 is 9.64 Å². The van der Waals surface area contributed by atoms with Gasteiger partial charge in [-0.05, 0) is 31.5 Å². The van der Waals surface area contributed by atoms with E-state index in [4.69, 9.17) is 10.00 Å². The average Bonchev–Trinajstić information content (AvgIpc) is 2.57. The summed E-state index contributed by atoms with van der Waals surface area (Å²) in [6, 6.07) is 9.77. The lowest BCUT2D eigenvalue weighted by atomic mass is 10.0. The van der Waals surface area contributed by atoms with Crippen LogP contribution >= 0.6 is 0 Å². The zero-order chi connectivity index (χ0) is 15.5. The highest BCUT2D eigenvalue weighted by Crippen LogP contribution is 2.26. The van der Waals surface area contributed by atoms with Crippen molar-refractivity contribution < 1.29 is 4.74 Å². The topological polar surface area (TPSA) is 62.0 Å². The van der Waals surface area contributed by atoms with Crippen LogP contribution in [0.25, 0.3) is 0 Å². The Morgan fingerprint density at radius 2 is 2.23 bits per heavy atom. The summed E-state index contributed by atoms with van der Waals surface area (Å²) >= 11 is 0. The van der Waals surface area contributed by atoms with Crippen molar-refractivity contribution in [1.29, 1.82) is 5.26 Å². The first-order chi connectivity index (χ1) is 10.7. The molecular weight excluding hydrogens is 276 g/mol. The van der Waals surface area contributed by atoms with E-state index in [1.165, 1.54) is 0 Å². The number of hydrogen-bond acceptors (Lipinski definition) is 5. The molecule has 1 aromatic heterocycles. The van der Waals surface area contributed by atoms with E-state index >= 15 is 0 Å². The van der Waals surface area contributed by atoms with Crippen molar-refractivity contribution >= 4 is 5.82 Å². The maximum atomic E-state index is 9.04. The summed E-state index contributed by atoms with van der Waals surface area (Å²) in [4.78, 5) is 11.2. The molecule has 1 saturated heterocycles. The Kier molecular flexibility index (Phi) is 4.03. The lowest BCUT2D eigenvalue weighted by Crippen LogP contribution is -2.39. The summed E-state index contributed by atoms with van der Waals surface area (Å²) in [6.07, 6.45) is 1.73. The van der Waals surface area contributed by atoms with Gasteiger partial charge in [0.15, 0.2) is 5.82 Å². The molecule has 22 heavy (non-hydrogen) atoms. The van der Waals surface area contributed by atoms with Crippen LogP contribution in [0.3, 0.4) is 0 Å². The van der Waals surface area contributed by atoms with E-state index in [0.717, 1.165) is 29.3 Å². The van der Waals surface area contributed by atoms with E-state index in [0.29, 0.717) is 18.7 Å². The first-order valence-corrected chi connectivity index (χ1v) is 7.34. The molecule has 0 saturated carbocycles. The van der Waals surface area contributed by atoms with Gasteiger partial charge in [0.1, 0.15) is 6.10 Å². The predicted octanol–water partition coefficient (Wildman–Crippen LogP) is 2.54. The van der Waals surface area contributed by atoms with E-state index < -0.39 is 0 Å². The molecule has 1 aromatic carbocycles. The molecule has 1 atom stereocenters. The normalized spacial score (nSPS) is 18.0. The van der Waals surface area contributed by atoms with E-state index in [2.05, 4.69) is 20.9 Å². The monoisotopic (exact) mass is 294 g/mol. The molecule has 5 heteroatoms. The highest BCUT2D eigenvalue weighted by molar-refractivity contribution is 5.44. The Balaban J connectivity index is 1.85. The van der Waals surface area contributed by atoms with Crippen LogP contribution in [0.4, 0.5) is 5.82 Å². The number of ether oxygens (including phenoxy) is 1. The maximum Gasteiger partial charge on any atom is 0.150 e. The molecule has 3 rings (SSSR count). The van der Waals surface area contributed by atoms with Crippen LogP contribution in [0.2, 0.25) is 0 Å². The fraction of sp³-hybridized carbons (Fsp3) is 0.353. The summed E-state index contributed by atoms with van der Waals surface area (Å²) in [5.41, 5.74) is 3.53. The van der Waals surface area contributed by atoms with Crippen LogP contribution in [0.1, 0.15) is 28.6 Å². The highest BCUT2D eigenvalue weighted by Gasteiger charge is 2.24. The van der Waals surface area contributed by atoms with Gasteiger partial charge in [-0.2, -0.15) is 5.26 Å². The maximum absolute atomic E-state index is 9.04. The molecule has 2 heterocycles. The fourth-order valence-electron chi connectivity index (χ4n) is 2.68. The Morgan fingerprint density at radius 3 is 3.05 bits per heavy atom. The number of aryl methyl sites for hydroxylation is 2. The molecule has 0 amide bonds. The minimum Gasteiger partial charge on any atom is -0.370 e. The third-order valence-electron chi connectivity index (χ3n) is 3.80. The van der Waals surface area contributed by atoms with Crippen LogP contribution < -0.4 is 4.90 Å². The van der Waals surface area contributed by atoms with Gasteiger partial charge in [-0.15, -0.1) is 0 Å². The second-order valence-corrected chi connectivity index (χ2v) is 5.46. The zero-order valence-electron chi connectivity index (χ0n) is 12.8. The number of hydrogen-bond donors (Lipinski definition) is 0. The molecule has 2 aromatic rings. The van der Waals surface area contributed by atoms with Crippen LogP contribution in [0, 0.1) is 25.2 Å². The van der Waals surface area contributed by atoms with Crippen molar-refractivity contribution in [2.24, 2.45) is 0 Å². The number of nitriles is 1. The smallest absolute Gasteiger partial charge is 0.150 e. The Hall–Kier alpha value is -2.45. The molecule has 0 bridgehead atoms. The zero-order valence-corrected chi connectivity index (χ0v) is 12.8. The van der Waals surface area contributed by atoms with Crippen molar-refractivity contribution in [3.05, 3.63) is 53.0 Å². The molecular formula is C17H18N4O. The lowest BCUT2D eigenvalue weighted by molar-refractivity contribution is 0.0394. The minimum absolute atomic E-state index is 0.0521. The summed E-state index contributed by atoms with van der Waals surface area (Å²) in [7, 11) is 0. The fourth-order valence-corrected chi connectivity index (χ4v) is 2.68. The highest BCUT2D eigenvalue weighted by atomic mass is 16.5. The Labute approximate surface area is 130 Å². The van der Waals surface area contributed by atoms with E-state index in [1.807, 2.05) is 32.0 Å². The lowest BCUT2D eigenvalue weighted by Gasteiger charge is -2.34. The second-order valence-electron chi connectivity index (χ2n) is 5.46. The third kappa shape index (κ3) is 2.92. The van der Waals surface area contributed by atoms with Crippen molar-refractivity contribution in [3.8, 4) is 6.07 Å². The molecule has 0 spiro atoms. The first kappa shape index (κ1) is 14.5. The molecule has 0 radical (unpaired) electrons.